The summed E-state index contributed by atoms with van der Waals surface area (Å²) in [6.45, 7) is 12.5. The zero-order chi connectivity index (χ0) is 44.8. The van der Waals surface area contributed by atoms with E-state index >= 15 is 0 Å². The summed E-state index contributed by atoms with van der Waals surface area (Å²) in [6.07, 6.45) is -0.725. The van der Waals surface area contributed by atoms with Crippen LogP contribution >= 0.6 is 0 Å². The molecule has 1 heterocycles. The zero-order valence-electron chi connectivity index (χ0n) is 36.2. The van der Waals surface area contributed by atoms with E-state index in [0.717, 1.165) is 18.6 Å². The van der Waals surface area contributed by atoms with Crippen LogP contribution in [-0.4, -0.2) is 202 Å². The van der Waals surface area contributed by atoms with Gasteiger partial charge in [-0.1, -0.05) is 6.92 Å². The molecular formula is C39H70N4O18. The van der Waals surface area contributed by atoms with Crippen molar-refractivity contribution < 1.29 is 86.3 Å². The van der Waals surface area contributed by atoms with Crippen molar-refractivity contribution in [1.82, 2.24) is 20.7 Å². The summed E-state index contributed by atoms with van der Waals surface area (Å²) in [5, 5.41) is 27.2. The third kappa shape index (κ3) is 30.9. The van der Waals surface area contributed by atoms with E-state index in [9.17, 15) is 29.4 Å². The van der Waals surface area contributed by atoms with Crippen molar-refractivity contribution in [3.05, 3.63) is 12.1 Å². The van der Waals surface area contributed by atoms with Gasteiger partial charge in [-0.15, -0.1) is 4.73 Å². The Labute approximate surface area is 358 Å². The number of carbonyl (C=O) groups excluding carboxylic acids is 4. The predicted octanol–water partition coefficient (Wildman–Crippen LogP) is -0.649. The van der Waals surface area contributed by atoms with Crippen LogP contribution in [0.25, 0.3) is 0 Å². The molecule has 0 aliphatic rings. The third-order valence-corrected chi connectivity index (χ3v) is 7.83. The monoisotopic (exact) mass is 882 g/mol. The normalized spacial score (nSPS) is 12.8. The molecule has 0 aliphatic carbocycles. The van der Waals surface area contributed by atoms with Crippen LogP contribution < -0.4 is 20.8 Å². The van der Waals surface area contributed by atoms with E-state index in [1.54, 1.807) is 0 Å². The maximum absolute atomic E-state index is 12.4. The lowest BCUT2D eigenvalue weighted by Gasteiger charge is -2.18. The van der Waals surface area contributed by atoms with E-state index in [4.69, 9.17) is 56.9 Å². The van der Waals surface area contributed by atoms with Crippen LogP contribution in [0.1, 0.15) is 40.5 Å². The van der Waals surface area contributed by atoms with Gasteiger partial charge in [-0.2, -0.15) is 0 Å². The zero-order valence-corrected chi connectivity index (χ0v) is 36.2. The quantitative estimate of drug-likeness (QED) is 0.0511. The summed E-state index contributed by atoms with van der Waals surface area (Å²) in [5.41, 5.74) is 0. The Morgan fingerprint density at radius 2 is 0.885 bits per heavy atom. The summed E-state index contributed by atoms with van der Waals surface area (Å²) in [6, 6.07) is 2.29. The molecule has 3 amide bonds. The molecule has 0 radical (unpaired) electrons. The number of aromatic hydroxyl groups is 2. The molecule has 0 spiro atoms. The highest BCUT2D eigenvalue weighted by atomic mass is 16.7. The molecule has 3 unspecified atom stereocenters. The van der Waals surface area contributed by atoms with Crippen LogP contribution in [0.3, 0.4) is 0 Å². The first kappa shape index (κ1) is 55.3. The molecule has 61 heavy (non-hydrogen) atoms. The Kier molecular flexibility index (Phi) is 34.5. The third-order valence-electron chi connectivity index (χ3n) is 7.83. The molecule has 1 rings (SSSR count). The van der Waals surface area contributed by atoms with Crippen molar-refractivity contribution in [2.45, 2.75) is 58.8 Å². The average Bonchev–Trinajstić information content (AvgIpc) is 3.56. The largest absolute Gasteiger partial charge is 0.492 e. The lowest BCUT2D eigenvalue weighted by molar-refractivity contribution is -0.145. The van der Waals surface area contributed by atoms with E-state index in [1.165, 1.54) is 0 Å². The van der Waals surface area contributed by atoms with E-state index in [2.05, 4.69) is 16.0 Å². The lowest BCUT2D eigenvalue weighted by Crippen LogP contribution is -2.35. The predicted molar refractivity (Wildman–Crippen MR) is 216 cm³/mol. The summed E-state index contributed by atoms with van der Waals surface area (Å²) >= 11 is 0. The van der Waals surface area contributed by atoms with Crippen LogP contribution in [0.15, 0.2) is 12.1 Å². The first-order chi connectivity index (χ1) is 29.6. The van der Waals surface area contributed by atoms with Gasteiger partial charge >= 0.3 is 5.97 Å². The fourth-order valence-electron chi connectivity index (χ4n) is 4.62. The maximum atomic E-state index is 12.4. The Morgan fingerprint density at radius 1 is 0.508 bits per heavy atom. The summed E-state index contributed by atoms with van der Waals surface area (Å²) < 4.78 is 61.5. The van der Waals surface area contributed by atoms with Gasteiger partial charge in [0, 0.05) is 51.6 Å². The van der Waals surface area contributed by atoms with Gasteiger partial charge in [-0.25, -0.2) is 4.79 Å². The second-order valence-electron chi connectivity index (χ2n) is 12.8. The standard InChI is InChI=1S/C39H70N4O18/c1-5-31(23-51-7-3)58-28-35(45)41-13-15-53-18-21-56-26-33(60-29-34(44)40-12-11-39(49)61-43-37(47)9-10-38(43)48)27-57-22-19-54-16-14-42-36(46)30-59-32(24-52-8-4)25-55-20-17-50-6-2/h9-10,31-33,47-48H,5-8,11-30H2,1-4H3,(H,40,44)(H,41,45)(H,42,46). The molecule has 22 heteroatoms. The molecule has 1 aromatic heterocycles. The minimum atomic E-state index is -0.809. The van der Waals surface area contributed by atoms with Crippen molar-refractivity contribution in [2.75, 3.05) is 145 Å². The molecule has 0 aromatic carbocycles. The minimum Gasteiger partial charge on any atom is -0.492 e. The van der Waals surface area contributed by atoms with Crippen molar-refractivity contribution in [3.8, 4) is 11.8 Å². The molecule has 0 saturated heterocycles. The summed E-state index contributed by atoms with van der Waals surface area (Å²) in [7, 11) is 0. The molecular weight excluding hydrogens is 812 g/mol. The average molecular weight is 883 g/mol. The molecule has 5 N–H and O–H groups in total. The van der Waals surface area contributed by atoms with Gasteiger partial charge in [0.2, 0.25) is 29.5 Å². The first-order valence-corrected chi connectivity index (χ1v) is 20.7. The number of aromatic nitrogens is 1. The first-order valence-electron chi connectivity index (χ1n) is 20.7. The molecule has 0 aliphatic heterocycles. The molecule has 22 nitrogen and oxygen atoms in total. The second kappa shape index (κ2) is 38.0. The minimum absolute atomic E-state index is 0.0531. The van der Waals surface area contributed by atoms with Crippen LogP contribution in [0.2, 0.25) is 0 Å². The van der Waals surface area contributed by atoms with Crippen molar-refractivity contribution >= 4 is 23.7 Å². The molecule has 0 saturated carbocycles. The number of rotatable bonds is 42. The topological polar surface area (TPSA) is 261 Å². The van der Waals surface area contributed by atoms with Gasteiger partial charge in [0.15, 0.2) is 0 Å². The van der Waals surface area contributed by atoms with Crippen LogP contribution in [-0.2, 0) is 71.3 Å². The Hall–Kier alpha value is -3.68. The number of nitrogens with zero attached hydrogens (tertiary/aromatic N) is 1. The molecule has 0 fully saturated rings. The van der Waals surface area contributed by atoms with E-state index in [-0.39, 0.29) is 123 Å². The highest BCUT2D eigenvalue weighted by Crippen LogP contribution is 2.18. The smallest absolute Gasteiger partial charge is 0.334 e. The lowest BCUT2D eigenvalue weighted by atomic mass is 10.3. The van der Waals surface area contributed by atoms with E-state index < -0.39 is 35.8 Å². The number of carbonyl (C=O) groups is 4. The molecule has 3 atom stereocenters. The number of hydrogen-bond acceptors (Lipinski definition) is 18. The van der Waals surface area contributed by atoms with Gasteiger partial charge in [0.05, 0.1) is 98.4 Å². The van der Waals surface area contributed by atoms with Crippen LogP contribution in [0.5, 0.6) is 11.8 Å². The van der Waals surface area contributed by atoms with Crippen LogP contribution in [0, 0.1) is 0 Å². The summed E-state index contributed by atoms with van der Waals surface area (Å²) in [5.74, 6) is -2.83. The van der Waals surface area contributed by atoms with Gasteiger partial charge in [0.25, 0.3) is 0 Å². The van der Waals surface area contributed by atoms with Gasteiger partial charge < -0.3 is 83.1 Å². The SMILES string of the molecule is CCOCCOCC(COCC)OCC(=O)NCCOCCOCC(COCCOCCNC(=O)COC(CC)COCC)OCC(=O)NCCC(=O)On1c(O)ccc1O. The van der Waals surface area contributed by atoms with Gasteiger partial charge in [0.1, 0.15) is 32.0 Å². The fourth-order valence-corrected chi connectivity index (χ4v) is 4.62. The number of ether oxygens (including phenoxy) is 11. The number of hydrogen-bond donors (Lipinski definition) is 5. The molecule has 1 aromatic rings. The van der Waals surface area contributed by atoms with E-state index in [0.29, 0.717) is 51.0 Å². The second-order valence-corrected chi connectivity index (χ2v) is 12.8. The fraction of sp³-hybridized carbons (Fsp3) is 0.795. The Balaban J connectivity index is 2.38. The molecule has 0 bridgehead atoms. The van der Waals surface area contributed by atoms with Crippen molar-refractivity contribution in [2.24, 2.45) is 0 Å². The maximum Gasteiger partial charge on any atom is 0.334 e. The van der Waals surface area contributed by atoms with Gasteiger partial charge in [-0.05, 0) is 27.2 Å². The number of nitrogens with one attached hydrogen (secondary N) is 3. The molecule has 354 valence electrons. The van der Waals surface area contributed by atoms with Crippen molar-refractivity contribution in [3.63, 3.8) is 0 Å². The van der Waals surface area contributed by atoms with Crippen molar-refractivity contribution in [1.29, 1.82) is 0 Å². The summed E-state index contributed by atoms with van der Waals surface area (Å²) in [4.78, 5) is 53.6. The highest BCUT2D eigenvalue weighted by Gasteiger charge is 2.16. The Bertz CT molecular complexity index is 1260. The van der Waals surface area contributed by atoms with Gasteiger partial charge in [-0.3, -0.25) is 14.4 Å². The van der Waals surface area contributed by atoms with E-state index in [1.807, 2.05) is 27.7 Å². The Morgan fingerprint density at radius 3 is 1.33 bits per heavy atom. The highest BCUT2D eigenvalue weighted by molar-refractivity contribution is 5.78. The van der Waals surface area contributed by atoms with Crippen LogP contribution in [0.4, 0.5) is 0 Å². The number of amides is 3.